The summed E-state index contributed by atoms with van der Waals surface area (Å²) in [5, 5.41) is 13.5. The second-order valence-corrected chi connectivity index (χ2v) is 4.80. The summed E-state index contributed by atoms with van der Waals surface area (Å²) in [7, 11) is -3.77. The molecule has 92 valence electrons. The molecule has 0 heterocycles. The summed E-state index contributed by atoms with van der Waals surface area (Å²) in [4.78, 5) is 0. The quantitative estimate of drug-likeness (QED) is 0.679. The van der Waals surface area contributed by atoms with Crippen molar-refractivity contribution in [1.29, 1.82) is 0 Å². The number of hydrogen-bond donors (Lipinski definition) is 3. The van der Waals surface area contributed by atoms with Crippen LogP contribution < -0.4 is 9.86 Å². The molecule has 6 heteroatoms. The Morgan fingerprint density at radius 3 is 2.71 bits per heavy atom. The van der Waals surface area contributed by atoms with Crippen LogP contribution in [0.2, 0.25) is 0 Å². The summed E-state index contributed by atoms with van der Waals surface area (Å²) in [5.74, 6) is 5.59. The van der Waals surface area contributed by atoms with E-state index in [1.807, 2.05) is 13.0 Å². The van der Waals surface area contributed by atoms with Crippen LogP contribution in [0.5, 0.6) is 0 Å². The van der Waals surface area contributed by atoms with E-state index < -0.39 is 10.2 Å². The maximum absolute atomic E-state index is 10.9. The topological polar surface area (TPSA) is 92.4 Å². The predicted octanol–water partition coefficient (Wildman–Crippen LogP) is 0.344. The van der Waals surface area contributed by atoms with Gasteiger partial charge in [0, 0.05) is 12.0 Å². The first-order chi connectivity index (χ1) is 7.90. The van der Waals surface area contributed by atoms with Crippen LogP contribution in [0, 0.1) is 18.8 Å². The van der Waals surface area contributed by atoms with E-state index in [-0.39, 0.29) is 6.61 Å². The van der Waals surface area contributed by atoms with Gasteiger partial charge in [-0.3, -0.25) is 4.72 Å². The van der Waals surface area contributed by atoms with Gasteiger partial charge in [-0.05, 0) is 30.7 Å². The second-order valence-electron chi connectivity index (χ2n) is 3.51. The molecule has 0 aliphatic carbocycles. The van der Waals surface area contributed by atoms with Gasteiger partial charge in [-0.25, -0.2) is 5.14 Å². The van der Waals surface area contributed by atoms with Gasteiger partial charge in [0.2, 0.25) is 0 Å². The molecular formula is C11H14N2O3S. The first-order valence-electron chi connectivity index (χ1n) is 4.92. The van der Waals surface area contributed by atoms with Crippen molar-refractivity contribution >= 4 is 15.9 Å². The maximum atomic E-state index is 10.9. The highest BCUT2D eigenvalue weighted by molar-refractivity contribution is 7.90. The van der Waals surface area contributed by atoms with Crippen LogP contribution in [0.1, 0.15) is 17.5 Å². The number of hydrogen-bond acceptors (Lipinski definition) is 3. The van der Waals surface area contributed by atoms with Crippen LogP contribution in [-0.4, -0.2) is 20.1 Å². The van der Waals surface area contributed by atoms with E-state index in [4.69, 9.17) is 10.2 Å². The predicted molar refractivity (Wildman–Crippen MR) is 66.5 cm³/mol. The minimum absolute atomic E-state index is 0.00109. The number of nitrogens with two attached hydrogens (primary N) is 1. The standard InChI is InChI=1S/C11H14N2O3S/c1-9-6-10(4-2-3-5-14)8-11(7-9)13-17(12,15)16/h6-8,13-14H,3,5H2,1H3,(H2,12,15,16). The van der Waals surface area contributed by atoms with Crippen molar-refractivity contribution in [3.8, 4) is 11.8 Å². The minimum atomic E-state index is -3.77. The lowest BCUT2D eigenvalue weighted by Gasteiger charge is -2.05. The van der Waals surface area contributed by atoms with Crippen LogP contribution in [0.3, 0.4) is 0 Å². The molecular weight excluding hydrogens is 240 g/mol. The molecule has 0 fully saturated rings. The summed E-state index contributed by atoms with van der Waals surface area (Å²) >= 11 is 0. The van der Waals surface area contributed by atoms with E-state index >= 15 is 0 Å². The van der Waals surface area contributed by atoms with Gasteiger partial charge >= 0.3 is 0 Å². The monoisotopic (exact) mass is 254 g/mol. The van der Waals surface area contributed by atoms with Gasteiger partial charge in [0.25, 0.3) is 10.2 Å². The summed E-state index contributed by atoms with van der Waals surface area (Å²) in [5.41, 5.74) is 1.91. The van der Waals surface area contributed by atoms with Crippen molar-refractivity contribution in [2.24, 2.45) is 5.14 Å². The molecule has 0 aliphatic heterocycles. The number of benzene rings is 1. The Kier molecular flexibility index (Phi) is 4.52. The van der Waals surface area contributed by atoms with E-state index in [1.165, 1.54) is 0 Å². The lowest BCUT2D eigenvalue weighted by molar-refractivity contribution is 0.305. The highest BCUT2D eigenvalue weighted by Crippen LogP contribution is 2.14. The number of aliphatic hydroxyl groups is 1. The third-order valence-electron chi connectivity index (χ3n) is 1.81. The zero-order valence-corrected chi connectivity index (χ0v) is 10.2. The van der Waals surface area contributed by atoms with E-state index in [2.05, 4.69) is 16.6 Å². The van der Waals surface area contributed by atoms with Crippen LogP contribution in [-0.2, 0) is 10.2 Å². The van der Waals surface area contributed by atoms with Crippen LogP contribution in [0.25, 0.3) is 0 Å². The zero-order chi connectivity index (χ0) is 12.9. The minimum Gasteiger partial charge on any atom is -0.395 e. The molecule has 1 aromatic rings. The van der Waals surface area contributed by atoms with Gasteiger partial charge < -0.3 is 5.11 Å². The largest absolute Gasteiger partial charge is 0.395 e. The molecule has 0 unspecified atom stereocenters. The Morgan fingerprint density at radius 1 is 1.41 bits per heavy atom. The van der Waals surface area contributed by atoms with Gasteiger partial charge in [0.05, 0.1) is 12.3 Å². The molecule has 0 aromatic heterocycles. The fourth-order valence-corrected chi connectivity index (χ4v) is 1.75. The normalized spacial score (nSPS) is 10.5. The second kappa shape index (κ2) is 5.68. The third kappa shape index (κ3) is 5.36. The Balaban J connectivity index is 2.99. The van der Waals surface area contributed by atoms with Crippen molar-refractivity contribution in [3.63, 3.8) is 0 Å². The lowest BCUT2D eigenvalue weighted by Crippen LogP contribution is -2.21. The molecule has 0 saturated heterocycles. The Labute approximate surface area is 101 Å². The molecule has 5 nitrogen and oxygen atoms in total. The van der Waals surface area contributed by atoms with Crippen LogP contribution in [0.4, 0.5) is 5.69 Å². The van der Waals surface area contributed by atoms with E-state index in [1.54, 1.807) is 12.1 Å². The Hall–Kier alpha value is -1.55. The molecule has 1 rings (SSSR count). The number of aryl methyl sites for hydroxylation is 1. The van der Waals surface area contributed by atoms with E-state index in [0.717, 1.165) is 5.56 Å². The van der Waals surface area contributed by atoms with Crippen molar-refractivity contribution in [1.82, 2.24) is 0 Å². The van der Waals surface area contributed by atoms with Crippen molar-refractivity contribution < 1.29 is 13.5 Å². The fraction of sp³-hybridized carbons (Fsp3) is 0.273. The molecule has 1 aromatic carbocycles. The first-order valence-corrected chi connectivity index (χ1v) is 6.47. The summed E-state index contributed by atoms with van der Waals surface area (Å²) in [6.45, 7) is 1.83. The van der Waals surface area contributed by atoms with Gasteiger partial charge in [-0.2, -0.15) is 8.42 Å². The van der Waals surface area contributed by atoms with Crippen molar-refractivity contribution in [2.45, 2.75) is 13.3 Å². The van der Waals surface area contributed by atoms with E-state index in [0.29, 0.717) is 17.7 Å². The molecule has 0 bridgehead atoms. The smallest absolute Gasteiger partial charge is 0.296 e. The summed E-state index contributed by atoms with van der Waals surface area (Å²) in [6.07, 6.45) is 0.381. The Bertz CT molecular complexity index is 556. The molecule has 17 heavy (non-hydrogen) atoms. The summed E-state index contributed by atoms with van der Waals surface area (Å²) in [6, 6.07) is 5.06. The van der Waals surface area contributed by atoms with Crippen molar-refractivity contribution in [3.05, 3.63) is 29.3 Å². The number of nitrogens with one attached hydrogen (secondary N) is 1. The highest BCUT2D eigenvalue weighted by atomic mass is 32.2. The molecule has 0 saturated carbocycles. The fourth-order valence-electron chi connectivity index (χ4n) is 1.30. The van der Waals surface area contributed by atoms with Gasteiger partial charge in [-0.1, -0.05) is 11.8 Å². The van der Waals surface area contributed by atoms with E-state index in [9.17, 15) is 8.42 Å². The molecule has 0 radical (unpaired) electrons. The van der Waals surface area contributed by atoms with Gasteiger partial charge in [0.15, 0.2) is 0 Å². The first kappa shape index (κ1) is 13.5. The highest BCUT2D eigenvalue weighted by Gasteiger charge is 2.03. The van der Waals surface area contributed by atoms with Crippen molar-refractivity contribution in [2.75, 3.05) is 11.3 Å². The third-order valence-corrected chi connectivity index (χ3v) is 2.33. The molecule has 4 N–H and O–H groups in total. The molecule has 0 aliphatic rings. The van der Waals surface area contributed by atoms with Crippen LogP contribution in [0.15, 0.2) is 18.2 Å². The number of aliphatic hydroxyl groups excluding tert-OH is 1. The average Bonchev–Trinajstić information content (AvgIpc) is 2.14. The zero-order valence-electron chi connectivity index (χ0n) is 9.40. The Morgan fingerprint density at radius 2 is 2.12 bits per heavy atom. The molecule has 0 atom stereocenters. The molecule has 0 spiro atoms. The SMILES string of the molecule is Cc1cc(C#CCCO)cc(NS(N)(=O)=O)c1. The van der Waals surface area contributed by atoms with Gasteiger partial charge in [-0.15, -0.1) is 0 Å². The average molecular weight is 254 g/mol. The number of anilines is 1. The number of rotatable bonds is 3. The lowest BCUT2D eigenvalue weighted by atomic mass is 10.1. The van der Waals surface area contributed by atoms with Gasteiger partial charge in [0.1, 0.15) is 0 Å². The maximum Gasteiger partial charge on any atom is 0.296 e. The molecule has 0 amide bonds. The van der Waals surface area contributed by atoms with Crippen LogP contribution >= 0.6 is 0 Å². The summed E-state index contributed by atoms with van der Waals surface area (Å²) < 4.78 is 23.9.